The molecular formula is C18H23N3O2. The van der Waals surface area contributed by atoms with Crippen LogP contribution in [0.5, 0.6) is 5.75 Å². The van der Waals surface area contributed by atoms with Gasteiger partial charge in [0.05, 0.1) is 12.6 Å². The van der Waals surface area contributed by atoms with E-state index >= 15 is 0 Å². The van der Waals surface area contributed by atoms with Crippen LogP contribution >= 0.6 is 0 Å². The summed E-state index contributed by atoms with van der Waals surface area (Å²) >= 11 is 0. The highest BCUT2D eigenvalue weighted by atomic mass is 16.5. The normalized spacial score (nSPS) is 20.7. The molecule has 0 unspecified atom stereocenters. The average Bonchev–Trinajstić information content (AvgIpc) is 3.30. The molecule has 122 valence electrons. The molecule has 5 heteroatoms. The Labute approximate surface area is 136 Å². The Balaban J connectivity index is 1.41. The SMILES string of the molecule is CCc1nc([C@H]2CCCN2CCc2ccc3c(c2)CCO3)no1. The van der Waals surface area contributed by atoms with Crippen molar-refractivity contribution in [3.63, 3.8) is 0 Å². The van der Waals surface area contributed by atoms with E-state index in [0.717, 1.165) is 62.8 Å². The molecule has 2 aromatic rings. The Kier molecular flexibility index (Phi) is 4.04. The molecule has 0 spiro atoms. The summed E-state index contributed by atoms with van der Waals surface area (Å²) in [5, 5.41) is 4.18. The minimum Gasteiger partial charge on any atom is -0.493 e. The van der Waals surface area contributed by atoms with Gasteiger partial charge in [-0.1, -0.05) is 24.2 Å². The fraction of sp³-hybridized carbons (Fsp3) is 0.556. The van der Waals surface area contributed by atoms with Gasteiger partial charge < -0.3 is 9.26 Å². The molecule has 0 aliphatic carbocycles. The van der Waals surface area contributed by atoms with E-state index in [1.165, 1.54) is 17.5 Å². The van der Waals surface area contributed by atoms with E-state index in [-0.39, 0.29) is 0 Å². The number of ether oxygens (including phenoxy) is 1. The largest absolute Gasteiger partial charge is 0.493 e. The molecule has 1 saturated heterocycles. The van der Waals surface area contributed by atoms with Gasteiger partial charge in [0, 0.05) is 19.4 Å². The Hall–Kier alpha value is -1.88. The maximum atomic E-state index is 5.58. The lowest BCUT2D eigenvalue weighted by molar-refractivity contribution is 0.245. The summed E-state index contributed by atoms with van der Waals surface area (Å²) < 4.78 is 10.9. The summed E-state index contributed by atoms with van der Waals surface area (Å²) in [5.74, 6) is 2.67. The fourth-order valence-corrected chi connectivity index (χ4v) is 3.60. The zero-order chi connectivity index (χ0) is 15.6. The summed E-state index contributed by atoms with van der Waals surface area (Å²) in [6.45, 7) is 5.03. The van der Waals surface area contributed by atoms with Crippen molar-refractivity contribution in [2.75, 3.05) is 19.7 Å². The predicted molar refractivity (Wildman–Crippen MR) is 86.6 cm³/mol. The van der Waals surface area contributed by atoms with Crippen LogP contribution in [0.3, 0.4) is 0 Å². The Morgan fingerprint density at radius 1 is 1.35 bits per heavy atom. The van der Waals surface area contributed by atoms with Gasteiger partial charge in [0.15, 0.2) is 5.82 Å². The van der Waals surface area contributed by atoms with Crippen molar-refractivity contribution in [2.45, 2.75) is 45.1 Å². The number of aromatic nitrogens is 2. The minimum atomic E-state index is 0.316. The molecule has 3 heterocycles. The van der Waals surface area contributed by atoms with Gasteiger partial charge in [-0.15, -0.1) is 0 Å². The number of likely N-dealkylation sites (tertiary alicyclic amines) is 1. The van der Waals surface area contributed by atoms with Gasteiger partial charge in [-0.3, -0.25) is 4.90 Å². The van der Waals surface area contributed by atoms with Gasteiger partial charge in [0.25, 0.3) is 0 Å². The van der Waals surface area contributed by atoms with Crippen molar-refractivity contribution in [3.05, 3.63) is 41.0 Å². The Bertz CT molecular complexity index is 683. The topological polar surface area (TPSA) is 51.4 Å². The lowest BCUT2D eigenvalue weighted by atomic mass is 10.1. The monoisotopic (exact) mass is 313 g/mol. The molecule has 1 atom stereocenters. The van der Waals surface area contributed by atoms with Crippen LogP contribution in [-0.2, 0) is 19.3 Å². The van der Waals surface area contributed by atoms with Crippen LogP contribution in [0.2, 0.25) is 0 Å². The molecule has 0 N–H and O–H groups in total. The maximum Gasteiger partial charge on any atom is 0.226 e. The number of nitrogens with zero attached hydrogens (tertiary/aromatic N) is 3. The van der Waals surface area contributed by atoms with E-state index in [2.05, 4.69) is 33.2 Å². The number of hydrogen-bond acceptors (Lipinski definition) is 5. The lowest BCUT2D eigenvalue weighted by Gasteiger charge is -2.21. The van der Waals surface area contributed by atoms with Crippen molar-refractivity contribution in [1.82, 2.24) is 15.0 Å². The molecular weight excluding hydrogens is 290 g/mol. The first-order valence-electron chi connectivity index (χ1n) is 8.64. The van der Waals surface area contributed by atoms with Gasteiger partial charge in [-0.2, -0.15) is 4.98 Å². The van der Waals surface area contributed by atoms with Crippen molar-refractivity contribution < 1.29 is 9.26 Å². The molecule has 0 amide bonds. The minimum absolute atomic E-state index is 0.316. The van der Waals surface area contributed by atoms with Crippen LogP contribution in [0.1, 0.15) is 48.6 Å². The van der Waals surface area contributed by atoms with Crippen LogP contribution in [0.4, 0.5) is 0 Å². The molecule has 4 rings (SSSR count). The first-order chi connectivity index (χ1) is 11.3. The molecule has 2 aliphatic rings. The maximum absolute atomic E-state index is 5.58. The summed E-state index contributed by atoms with van der Waals surface area (Å²) in [4.78, 5) is 7.02. The molecule has 0 radical (unpaired) electrons. The molecule has 1 aromatic carbocycles. The third-order valence-electron chi connectivity index (χ3n) is 4.89. The predicted octanol–water partition coefficient (Wildman–Crippen LogP) is 2.95. The second-order valence-corrected chi connectivity index (χ2v) is 6.38. The molecule has 0 saturated carbocycles. The van der Waals surface area contributed by atoms with Crippen molar-refractivity contribution >= 4 is 0 Å². The fourth-order valence-electron chi connectivity index (χ4n) is 3.60. The zero-order valence-corrected chi connectivity index (χ0v) is 13.6. The highest BCUT2D eigenvalue weighted by Gasteiger charge is 2.29. The van der Waals surface area contributed by atoms with E-state index in [1.807, 2.05) is 6.92 Å². The van der Waals surface area contributed by atoms with Crippen LogP contribution in [-0.4, -0.2) is 34.7 Å². The number of rotatable bonds is 5. The third kappa shape index (κ3) is 2.98. The van der Waals surface area contributed by atoms with Crippen molar-refractivity contribution in [2.24, 2.45) is 0 Å². The molecule has 5 nitrogen and oxygen atoms in total. The van der Waals surface area contributed by atoms with Crippen molar-refractivity contribution in [1.29, 1.82) is 0 Å². The number of fused-ring (bicyclic) bond motifs is 1. The molecule has 1 aromatic heterocycles. The number of aryl methyl sites for hydroxylation is 1. The van der Waals surface area contributed by atoms with Crippen LogP contribution in [0.25, 0.3) is 0 Å². The molecule has 23 heavy (non-hydrogen) atoms. The Morgan fingerprint density at radius 3 is 3.17 bits per heavy atom. The first-order valence-corrected chi connectivity index (χ1v) is 8.64. The average molecular weight is 313 g/mol. The van der Waals surface area contributed by atoms with E-state index < -0.39 is 0 Å². The number of benzene rings is 1. The highest BCUT2D eigenvalue weighted by molar-refractivity contribution is 5.39. The van der Waals surface area contributed by atoms with Crippen molar-refractivity contribution in [3.8, 4) is 5.75 Å². The summed E-state index contributed by atoms with van der Waals surface area (Å²) in [6.07, 6.45) is 5.23. The van der Waals surface area contributed by atoms with Gasteiger partial charge in [-0.25, -0.2) is 0 Å². The van der Waals surface area contributed by atoms with Crippen LogP contribution in [0.15, 0.2) is 22.7 Å². The lowest BCUT2D eigenvalue weighted by Crippen LogP contribution is -2.26. The molecule has 0 bridgehead atoms. The van der Waals surface area contributed by atoms with Gasteiger partial charge in [-0.05, 0) is 43.0 Å². The van der Waals surface area contributed by atoms with E-state index in [9.17, 15) is 0 Å². The van der Waals surface area contributed by atoms with E-state index in [4.69, 9.17) is 9.26 Å². The quantitative estimate of drug-likeness (QED) is 0.849. The number of hydrogen-bond donors (Lipinski definition) is 0. The van der Waals surface area contributed by atoms with Gasteiger partial charge >= 0.3 is 0 Å². The zero-order valence-electron chi connectivity index (χ0n) is 13.6. The first kappa shape index (κ1) is 14.7. The summed E-state index contributed by atoms with van der Waals surface area (Å²) in [5.41, 5.74) is 2.74. The van der Waals surface area contributed by atoms with Crippen LogP contribution in [0, 0.1) is 0 Å². The second-order valence-electron chi connectivity index (χ2n) is 6.38. The van der Waals surface area contributed by atoms with E-state index in [1.54, 1.807) is 0 Å². The standard InChI is InChI=1S/C18H23N3O2/c1-2-17-19-18(20-23-17)15-4-3-9-21(15)10-7-13-5-6-16-14(12-13)8-11-22-16/h5-6,12,15H,2-4,7-11H2,1H3/t15-/m1/s1. The molecule has 1 fully saturated rings. The second kappa shape index (κ2) is 6.32. The smallest absolute Gasteiger partial charge is 0.226 e. The molecule has 2 aliphatic heterocycles. The van der Waals surface area contributed by atoms with Gasteiger partial charge in [0.2, 0.25) is 5.89 Å². The van der Waals surface area contributed by atoms with E-state index in [0.29, 0.717) is 6.04 Å². The van der Waals surface area contributed by atoms with Crippen LogP contribution < -0.4 is 4.74 Å². The highest BCUT2D eigenvalue weighted by Crippen LogP contribution is 2.31. The van der Waals surface area contributed by atoms with Gasteiger partial charge in [0.1, 0.15) is 5.75 Å². The third-order valence-corrected chi connectivity index (χ3v) is 4.89. The summed E-state index contributed by atoms with van der Waals surface area (Å²) in [6, 6.07) is 6.93. The summed E-state index contributed by atoms with van der Waals surface area (Å²) in [7, 11) is 0. The Morgan fingerprint density at radius 2 is 2.30 bits per heavy atom.